The van der Waals surface area contributed by atoms with Gasteiger partial charge in [0.2, 0.25) is 5.95 Å². The van der Waals surface area contributed by atoms with E-state index in [0.29, 0.717) is 19.8 Å². The Labute approximate surface area is 169 Å². The van der Waals surface area contributed by atoms with Gasteiger partial charge >= 0.3 is 0 Å². The minimum absolute atomic E-state index is 0.613. The van der Waals surface area contributed by atoms with E-state index in [9.17, 15) is 0 Å². The van der Waals surface area contributed by atoms with Crippen molar-refractivity contribution >= 4 is 17.7 Å². The van der Waals surface area contributed by atoms with Crippen molar-refractivity contribution in [3.8, 4) is 11.4 Å². The highest BCUT2D eigenvalue weighted by molar-refractivity contribution is 7.99. The monoisotopic (exact) mass is 396 g/mol. The molecule has 1 aliphatic heterocycles. The van der Waals surface area contributed by atoms with E-state index < -0.39 is 0 Å². The fourth-order valence-electron chi connectivity index (χ4n) is 3.16. The molecule has 1 fully saturated rings. The van der Waals surface area contributed by atoms with Gasteiger partial charge in [-0.2, -0.15) is 0 Å². The molecule has 1 aromatic heterocycles. The highest BCUT2D eigenvalue weighted by Gasteiger charge is 2.22. The maximum absolute atomic E-state index is 5.81. The van der Waals surface area contributed by atoms with Gasteiger partial charge in [0.25, 0.3) is 0 Å². The Hall–Kier alpha value is -2.51. The zero-order valence-electron chi connectivity index (χ0n) is 16.0. The number of aryl methyl sites for hydroxylation is 1. The number of hydrogen-bond donors (Lipinski definition) is 0. The third-order valence-corrected chi connectivity index (χ3v) is 5.49. The van der Waals surface area contributed by atoms with Gasteiger partial charge in [0, 0.05) is 18.8 Å². The quantitative estimate of drug-likeness (QED) is 0.449. The van der Waals surface area contributed by atoms with E-state index in [4.69, 9.17) is 9.47 Å². The van der Waals surface area contributed by atoms with E-state index in [1.54, 1.807) is 11.8 Å². The van der Waals surface area contributed by atoms with Crippen LogP contribution in [0.1, 0.15) is 5.56 Å². The summed E-state index contributed by atoms with van der Waals surface area (Å²) >= 11 is 1.66. The smallest absolute Gasteiger partial charge is 0.232 e. The topological polar surface area (TPSA) is 52.4 Å². The lowest BCUT2D eigenvalue weighted by molar-refractivity contribution is 0.122. The second kappa shape index (κ2) is 9.12. The van der Waals surface area contributed by atoms with Crippen LogP contribution in [0.25, 0.3) is 5.69 Å². The van der Waals surface area contributed by atoms with Crippen LogP contribution in [0.5, 0.6) is 5.75 Å². The summed E-state index contributed by atoms with van der Waals surface area (Å²) in [7, 11) is 0. The van der Waals surface area contributed by atoms with Crippen LogP contribution < -0.4 is 9.64 Å². The zero-order valence-corrected chi connectivity index (χ0v) is 16.8. The number of aromatic nitrogens is 3. The first kappa shape index (κ1) is 18.8. The van der Waals surface area contributed by atoms with E-state index in [-0.39, 0.29) is 0 Å². The summed E-state index contributed by atoms with van der Waals surface area (Å²) in [6.07, 6.45) is 0. The zero-order chi connectivity index (χ0) is 19.2. The van der Waals surface area contributed by atoms with Crippen LogP contribution in [0.4, 0.5) is 5.95 Å². The number of para-hydroxylation sites is 2. The number of rotatable bonds is 7. The molecule has 6 nitrogen and oxygen atoms in total. The van der Waals surface area contributed by atoms with Crippen molar-refractivity contribution in [2.24, 2.45) is 0 Å². The average Bonchev–Trinajstić information content (AvgIpc) is 3.16. The number of benzene rings is 2. The average molecular weight is 397 g/mol. The van der Waals surface area contributed by atoms with Gasteiger partial charge in [-0.1, -0.05) is 48.2 Å². The molecule has 0 atom stereocenters. The first-order valence-corrected chi connectivity index (χ1v) is 10.5. The van der Waals surface area contributed by atoms with Gasteiger partial charge in [0.05, 0.1) is 25.5 Å². The maximum atomic E-state index is 5.81. The first-order valence-electron chi connectivity index (χ1n) is 9.48. The fraction of sp³-hybridized carbons (Fsp3) is 0.333. The van der Waals surface area contributed by atoms with Crippen LogP contribution in [0.3, 0.4) is 0 Å². The number of anilines is 1. The summed E-state index contributed by atoms with van der Waals surface area (Å²) in [5.74, 6) is 2.56. The molecule has 1 saturated heterocycles. The van der Waals surface area contributed by atoms with Crippen molar-refractivity contribution in [2.45, 2.75) is 12.1 Å². The van der Waals surface area contributed by atoms with Gasteiger partial charge in [-0.15, -0.1) is 10.2 Å². The maximum Gasteiger partial charge on any atom is 0.232 e. The van der Waals surface area contributed by atoms with Crippen molar-refractivity contribution in [2.75, 3.05) is 43.6 Å². The molecule has 0 aliphatic carbocycles. The molecular weight excluding hydrogens is 372 g/mol. The molecule has 3 aromatic rings. The van der Waals surface area contributed by atoms with Gasteiger partial charge in [-0.05, 0) is 30.7 Å². The number of ether oxygens (including phenoxy) is 2. The van der Waals surface area contributed by atoms with Gasteiger partial charge in [-0.3, -0.25) is 4.57 Å². The largest absolute Gasteiger partial charge is 0.493 e. The summed E-state index contributed by atoms with van der Waals surface area (Å²) in [4.78, 5) is 2.24. The Morgan fingerprint density at radius 3 is 2.54 bits per heavy atom. The standard InChI is InChI=1S/C21H24N4O2S/c1-17-7-5-6-10-19(17)25-20(24-11-13-26-14-12-24)22-23-21(25)28-16-15-27-18-8-3-2-4-9-18/h2-10H,11-16H2,1H3. The predicted molar refractivity (Wildman–Crippen MR) is 112 cm³/mol. The lowest BCUT2D eigenvalue weighted by Gasteiger charge is -2.28. The van der Waals surface area contributed by atoms with Gasteiger partial charge in [0.15, 0.2) is 5.16 Å². The molecule has 0 unspecified atom stereocenters. The molecule has 0 spiro atoms. The highest BCUT2D eigenvalue weighted by Crippen LogP contribution is 2.28. The Morgan fingerprint density at radius 2 is 1.75 bits per heavy atom. The van der Waals surface area contributed by atoms with E-state index in [2.05, 4.69) is 50.9 Å². The van der Waals surface area contributed by atoms with Crippen molar-refractivity contribution in [3.05, 3.63) is 60.2 Å². The van der Waals surface area contributed by atoms with Crippen LogP contribution in [-0.4, -0.2) is 53.4 Å². The number of nitrogens with zero attached hydrogens (tertiary/aromatic N) is 4. The van der Waals surface area contributed by atoms with Crippen LogP contribution in [-0.2, 0) is 4.74 Å². The highest BCUT2D eigenvalue weighted by atomic mass is 32.2. The number of thioether (sulfide) groups is 1. The van der Waals surface area contributed by atoms with E-state index >= 15 is 0 Å². The van der Waals surface area contributed by atoms with Crippen LogP contribution in [0.15, 0.2) is 59.8 Å². The Bertz CT molecular complexity index is 894. The minimum atomic E-state index is 0.613. The van der Waals surface area contributed by atoms with Crippen molar-refractivity contribution in [1.29, 1.82) is 0 Å². The predicted octanol–water partition coefficient (Wildman–Crippen LogP) is 3.58. The second-order valence-corrected chi connectivity index (χ2v) is 7.58. The molecule has 0 saturated carbocycles. The molecule has 1 aliphatic rings. The SMILES string of the molecule is Cc1ccccc1-n1c(SCCOc2ccccc2)nnc1N1CCOCC1. The molecule has 146 valence electrons. The first-order chi connectivity index (χ1) is 13.8. The van der Waals surface area contributed by atoms with Gasteiger partial charge < -0.3 is 14.4 Å². The number of hydrogen-bond acceptors (Lipinski definition) is 6. The second-order valence-electron chi connectivity index (χ2n) is 6.51. The molecule has 0 radical (unpaired) electrons. The van der Waals surface area contributed by atoms with E-state index in [1.165, 1.54) is 5.56 Å². The number of morpholine rings is 1. The summed E-state index contributed by atoms with van der Waals surface area (Å²) in [6, 6.07) is 18.2. The van der Waals surface area contributed by atoms with Crippen molar-refractivity contribution in [3.63, 3.8) is 0 Å². The Morgan fingerprint density at radius 1 is 1.00 bits per heavy atom. The molecule has 28 heavy (non-hydrogen) atoms. The summed E-state index contributed by atoms with van der Waals surface area (Å²) in [5.41, 5.74) is 2.31. The molecule has 7 heteroatoms. The lowest BCUT2D eigenvalue weighted by atomic mass is 10.2. The molecule has 2 heterocycles. The summed E-state index contributed by atoms with van der Waals surface area (Å²) in [6.45, 7) is 5.81. The molecule has 0 amide bonds. The van der Waals surface area contributed by atoms with Crippen LogP contribution >= 0.6 is 11.8 Å². The fourth-order valence-corrected chi connectivity index (χ4v) is 3.92. The Kier molecular flexibility index (Phi) is 6.14. The third kappa shape index (κ3) is 4.31. The molecule has 4 rings (SSSR count). The van der Waals surface area contributed by atoms with Crippen LogP contribution in [0.2, 0.25) is 0 Å². The van der Waals surface area contributed by atoms with E-state index in [1.807, 2.05) is 30.3 Å². The van der Waals surface area contributed by atoms with Crippen molar-refractivity contribution < 1.29 is 9.47 Å². The molecule has 2 aromatic carbocycles. The third-order valence-electron chi connectivity index (χ3n) is 4.59. The molecular formula is C21H24N4O2S. The summed E-state index contributed by atoms with van der Waals surface area (Å²) < 4.78 is 13.5. The minimum Gasteiger partial charge on any atom is -0.493 e. The van der Waals surface area contributed by atoms with Crippen LogP contribution in [0, 0.1) is 6.92 Å². The summed E-state index contributed by atoms with van der Waals surface area (Å²) in [5, 5.41) is 9.89. The van der Waals surface area contributed by atoms with Crippen molar-refractivity contribution in [1.82, 2.24) is 14.8 Å². The lowest BCUT2D eigenvalue weighted by Crippen LogP contribution is -2.38. The normalized spacial score (nSPS) is 14.2. The molecule has 0 N–H and O–H groups in total. The van der Waals surface area contributed by atoms with Gasteiger partial charge in [0.1, 0.15) is 5.75 Å². The molecule has 0 bridgehead atoms. The van der Waals surface area contributed by atoms with Gasteiger partial charge in [-0.25, -0.2) is 0 Å². The van der Waals surface area contributed by atoms with E-state index in [0.717, 1.165) is 41.4 Å². The Balaban J connectivity index is 1.53.